The van der Waals surface area contributed by atoms with E-state index in [0.29, 0.717) is 32.5 Å². The fourth-order valence-corrected chi connectivity index (χ4v) is 4.14. The molecule has 0 bridgehead atoms. The maximum absolute atomic E-state index is 13.2. The largest absolute Gasteiger partial charge is 0.497 e. The molecule has 0 saturated carbocycles. The van der Waals surface area contributed by atoms with Gasteiger partial charge in [-0.2, -0.15) is 0 Å². The van der Waals surface area contributed by atoms with Crippen molar-refractivity contribution in [2.75, 3.05) is 26.7 Å². The molecule has 2 fully saturated rings. The minimum absolute atomic E-state index is 0.138. The molecule has 5 nitrogen and oxygen atoms in total. The van der Waals surface area contributed by atoms with Crippen LogP contribution in [0.5, 0.6) is 5.75 Å². The van der Waals surface area contributed by atoms with Gasteiger partial charge in [-0.3, -0.25) is 9.59 Å². The third-order valence-electron chi connectivity index (χ3n) is 5.60. The SMILES string of the molecule is C=CCCC(=O)N1CCC2(CCCN(Cc3cccc(OC)c3)C2=O)C1. The number of carbonyl (C=O) groups excluding carboxylic acids is 2. The second kappa shape index (κ2) is 7.94. The first-order valence-corrected chi connectivity index (χ1v) is 9.39. The number of hydrogen-bond donors (Lipinski definition) is 0. The molecule has 1 aromatic carbocycles. The lowest BCUT2D eigenvalue weighted by molar-refractivity contribution is -0.146. The van der Waals surface area contributed by atoms with E-state index in [1.54, 1.807) is 13.2 Å². The van der Waals surface area contributed by atoms with Crippen LogP contribution in [-0.4, -0.2) is 48.4 Å². The van der Waals surface area contributed by atoms with Gasteiger partial charge in [0.05, 0.1) is 12.5 Å². The molecule has 2 amide bonds. The zero-order valence-corrected chi connectivity index (χ0v) is 15.6. The molecule has 26 heavy (non-hydrogen) atoms. The molecule has 5 heteroatoms. The van der Waals surface area contributed by atoms with Crippen molar-refractivity contribution >= 4 is 11.8 Å². The molecular formula is C21H28N2O3. The fraction of sp³-hybridized carbons (Fsp3) is 0.524. The molecule has 2 aliphatic heterocycles. The predicted molar refractivity (Wildman–Crippen MR) is 101 cm³/mol. The van der Waals surface area contributed by atoms with Crippen molar-refractivity contribution in [2.24, 2.45) is 5.41 Å². The highest BCUT2D eigenvalue weighted by Crippen LogP contribution is 2.40. The van der Waals surface area contributed by atoms with Gasteiger partial charge in [-0.15, -0.1) is 6.58 Å². The lowest BCUT2D eigenvalue weighted by Gasteiger charge is -2.39. The van der Waals surface area contributed by atoms with Crippen molar-refractivity contribution in [1.82, 2.24) is 9.80 Å². The Hall–Kier alpha value is -2.30. The lowest BCUT2D eigenvalue weighted by atomic mass is 9.78. The molecule has 2 aliphatic rings. The minimum Gasteiger partial charge on any atom is -0.497 e. The summed E-state index contributed by atoms with van der Waals surface area (Å²) in [6.45, 7) is 6.31. The van der Waals surface area contributed by atoms with E-state index in [-0.39, 0.29) is 17.2 Å². The van der Waals surface area contributed by atoms with Crippen molar-refractivity contribution in [3.05, 3.63) is 42.5 Å². The second-order valence-electron chi connectivity index (χ2n) is 7.35. The molecule has 1 unspecified atom stereocenters. The Balaban J connectivity index is 1.67. The smallest absolute Gasteiger partial charge is 0.230 e. The van der Waals surface area contributed by atoms with Crippen molar-refractivity contribution in [2.45, 2.75) is 38.6 Å². The average molecular weight is 356 g/mol. The molecule has 0 aliphatic carbocycles. The Morgan fingerprint density at radius 3 is 2.96 bits per heavy atom. The lowest BCUT2D eigenvalue weighted by Crippen LogP contribution is -2.50. The molecule has 1 atom stereocenters. The van der Waals surface area contributed by atoms with E-state index in [9.17, 15) is 9.59 Å². The third-order valence-corrected chi connectivity index (χ3v) is 5.60. The van der Waals surface area contributed by atoms with Crippen molar-refractivity contribution in [3.63, 3.8) is 0 Å². The average Bonchev–Trinajstić information content (AvgIpc) is 3.09. The summed E-state index contributed by atoms with van der Waals surface area (Å²) in [6.07, 6.45) is 5.60. The van der Waals surface area contributed by atoms with Gasteiger partial charge in [0.2, 0.25) is 11.8 Å². The van der Waals surface area contributed by atoms with Crippen LogP contribution < -0.4 is 4.74 Å². The van der Waals surface area contributed by atoms with Crippen LogP contribution >= 0.6 is 0 Å². The number of hydrogen-bond acceptors (Lipinski definition) is 3. The van der Waals surface area contributed by atoms with Crippen LogP contribution in [0.3, 0.4) is 0 Å². The van der Waals surface area contributed by atoms with Crippen LogP contribution in [0.25, 0.3) is 0 Å². The maximum atomic E-state index is 13.2. The van der Waals surface area contributed by atoms with Gasteiger partial charge in [0.25, 0.3) is 0 Å². The highest BCUT2D eigenvalue weighted by atomic mass is 16.5. The number of ether oxygens (including phenoxy) is 1. The fourth-order valence-electron chi connectivity index (χ4n) is 4.14. The van der Waals surface area contributed by atoms with Gasteiger partial charge < -0.3 is 14.5 Å². The van der Waals surface area contributed by atoms with E-state index in [4.69, 9.17) is 4.74 Å². The third kappa shape index (κ3) is 3.76. The summed E-state index contributed by atoms with van der Waals surface area (Å²) in [5.41, 5.74) is 0.688. The van der Waals surface area contributed by atoms with E-state index in [0.717, 1.165) is 37.1 Å². The molecule has 0 radical (unpaired) electrons. The van der Waals surface area contributed by atoms with Crippen molar-refractivity contribution in [1.29, 1.82) is 0 Å². The Bertz CT molecular complexity index is 688. The zero-order valence-electron chi connectivity index (χ0n) is 15.6. The number of likely N-dealkylation sites (tertiary alicyclic amines) is 2. The van der Waals surface area contributed by atoms with Crippen LogP contribution in [-0.2, 0) is 16.1 Å². The molecule has 140 valence electrons. The number of allylic oxidation sites excluding steroid dienone is 1. The van der Waals surface area contributed by atoms with Gasteiger partial charge in [-0.25, -0.2) is 0 Å². The molecule has 3 rings (SSSR count). The summed E-state index contributed by atoms with van der Waals surface area (Å²) in [5, 5.41) is 0. The molecule has 2 saturated heterocycles. The number of methoxy groups -OCH3 is 1. The summed E-state index contributed by atoms with van der Waals surface area (Å²) >= 11 is 0. The summed E-state index contributed by atoms with van der Waals surface area (Å²) < 4.78 is 5.28. The molecule has 1 aromatic rings. The van der Waals surface area contributed by atoms with Gasteiger partial charge in [0.15, 0.2) is 0 Å². The second-order valence-corrected chi connectivity index (χ2v) is 7.35. The van der Waals surface area contributed by atoms with E-state index < -0.39 is 0 Å². The van der Waals surface area contributed by atoms with Crippen LogP contribution in [0.1, 0.15) is 37.7 Å². The van der Waals surface area contributed by atoms with Gasteiger partial charge >= 0.3 is 0 Å². The van der Waals surface area contributed by atoms with E-state index in [1.807, 2.05) is 34.1 Å². The van der Waals surface area contributed by atoms with Gasteiger partial charge in [-0.1, -0.05) is 18.2 Å². The van der Waals surface area contributed by atoms with Crippen molar-refractivity contribution < 1.29 is 14.3 Å². The first-order valence-electron chi connectivity index (χ1n) is 9.39. The number of benzene rings is 1. The summed E-state index contributed by atoms with van der Waals surface area (Å²) in [5.74, 6) is 1.15. The number of rotatable bonds is 6. The number of nitrogens with zero attached hydrogens (tertiary/aromatic N) is 2. The Labute approximate surface area is 155 Å². The van der Waals surface area contributed by atoms with Crippen LogP contribution in [0.15, 0.2) is 36.9 Å². The van der Waals surface area contributed by atoms with E-state index >= 15 is 0 Å². The summed E-state index contributed by atoms with van der Waals surface area (Å²) in [6, 6.07) is 7.87. The van der Waals surface area contributed by atoms with Crippen LogP contribution in [0.4, 0.5) is 0 Å². The van der Waals surface area contributed by atoms with Crippen molar-refractivity contribution in [3.8, 4) is 5.75 Å². The number of piperidine rings is 1. The molecule has 1 spiro atoms. The molecule has 0 N–H and O–H groups in total. The highest BCUT2D eigenvalue weighted by molar-refractivity contribution is 5.86. The Morgan fingerprint density at radius 2 is 2.19 bits per heavy atom. The standard InChI is InChI=1S/C21H28N2O3/c1-3-4-9-19(24)23-13-11-21(16-23)10-6-12-22(20(21)25)15-17-7-5-8-18(14-17)26-2/h3,5,7-8,14H,1,4,6,9-13,15-16H2,2H3. The maximum Gasteiger partial charge on any atom is 0.230 e. The Morgan fingerprint density at radius 1 is 1.35 bits per heavy atom. The molecule has 0 aromatic heterocycles. The topological polar surface area (TPSA) is 49.9 Å². The highest BCUT2D eigenvalue weighted by Gasteiger charge is 2.49. The monoisotopic (exact) mass is 356 g/mol. The van der Waals surface area contributed by atoms with E-state index in [1.165, 1.54) is 0 Å². The van der Waals surface area contributed by atoms with Crippen LogP contribution in [0.2, 0.25) is 0 Å². The summed E-state index contributed by atoms with van der Waals surface area (Å²) in [7, 11) is 1.65. The van der Waals surface area contributed by atoms with E-state index in [2.05, 4.69) is 6.58 Å². The number of amides is 2. The van der Waals surface area contributed by atoms with Gasteiger partial charge in [0.1, 0.15) is 5.75 Å². The molecule has 2 heterocycles. The zero-order chi connectivity index (χ0) is 18.6. The van der Waals surface area contributed by atoms with Gasteiger partial charge in [0, 0.05) is 32.6 Å². The minimum atomic E-state index is -0.388. The van der Waals surface area contributed by atoms with Crippen LogP contribution in [0, 0.1) is 5.41 Å². The summed E-state index contributed by atoms with van der Waals surface area (Å²) in [4.78, 5) is 29.4. The Kier molecular flexibility index (Phi) is 5.64. The first kappa shape index (κ1) is 18.5. The normalized spacial score (nSPS) is 22.7. The van der Waals surface area contributed by atoms with Gasteiger partial charge in [-0.05, 0) is 43.4 Å². The first-order chi connectivity index (χ1) is 12.6. The number of carbonyl (C=O) groups is 2. The quantitative estimate of drug-likeness (QED) is 0.736. The molecular weight excluding hydrogens is 328 g/mol. The predicted octanol–water partition coefficient (Wildman–Crippen LogP) is 3.00.